The maximum atomic E-state index is 11.6. The van der Waals surface area contributed by atoms with Gasteiger partial charge in [0.1, 0.15) is 12.1 Å². The summed E-state index contributed by atoms with van der Waals surface area (Å²) in [5.41, 5.74) is 0. The molecule has 0 N–H and O–H groups in total. The Morgan fingerprint density at radius 1 is 1.61 bits per heavy atom. The molecule has 0 aliphatic carbocycles. The van der Waals surface area contributed by atoms with Gasteiger partial charge in [0.25, 0.3) is 5.91 Å². The minimum Gasteiger partial charge on any atom is -0.467 e. The zero-order chi connectivity index (χ0) is 13.7. The van der Waals surface area contributed by atoms with Gasteiger partial charge in [0.05, 0.1) is 7.11 Å². The number of likely N-dealkylation sites (tertiary alicyclic amines) is 1. The average molecular weight is 254 g/mol. The summed E-state index contributed by atoms with van der Waals surface area (Å²) < 4.78 is 9.64. The predicted octanol–water partition coefficient (Wildman–Crippen LogP) is 0.0305. The molecule has 100 valence electrons. The van der Waals surface area contributed by atoms with E-state index < -0.39 is 18.1 Å². The number of carbonyl (C=O) groups is 2. The van der Waals surface area contributed by atoms with Crippen LogP contribution in [0.5, 0.6) is 0 Å². The monoisotopic (exact) mass is 254 g/mol. The summed E-state index contributed by atoms with van der Waals surface area (Å²) in [5.74, 6) is -0.513. The lowest BCUT2D eigenvalue weighted by atomic mass is 9.99. The Morgan fingerprint density at radius 2 is 2.28 bits per heavy atom. The second-order valence-electron chi connectivity index (χ2n) is 3.92. The fourth-order valence-electron chi connectivity index (χ4n) is 1.74. The standard InChI is InChI=1S/C12H18N2O4/c1-5-6-14-9(10(17-3)11(14)15)7-13-8(2)12(16)18-4/h5,7-10H,1,6H2,2-4H3/t8?,9-,10+/m0/s1. The second-order valence-corrected chi connectivity index (χ2v) is 3.92. The van der Waals surface area contributed by atoms with Gasteiger partial charge in [0, 0.05) is 19.9 Å². The summed E-state index contributed by atoms with van der Waals surface area (Å²) in [6.45, 7) is 5.65. The lowest BCUT2D eigenvalue weighted by Crippen LogP contribution is -2.66. The van der Waals surface area contributed by atoms with Crippen molar-refractivity contribution in [3.8, 4) is 0 Å². The second kappa shape index (κ2) is 6.30. The predicted molar refractivity (Wildman–Crippen MR) is 66.5 cm³/mol. The van der Waals surface area contributed by atoms with E-state index in [9.17, 15) is 9.59 Å². The number of hydrogen-bond acceptors (Lipinski definition) is 5. The number of nitrogens with zero attached hydrogens (tertiary/aromatic N) is 2. The number of aliphatic imine (C=N–C) groups is 1. The third-order valence-electron chi connectivity index (χ3n) is 2.78. The Balaban J connectivity index is 2.68. The summed E-state index contributed by atoms with van der Waals surface area (Å²) in [5, 5.41) is 0. The highest BCUT2D eigenvalue weighted by molar-refractivity contribution is 5.96. The largest absolute Gasteiger partial charge is 0.467 e. The first kappa shape index (κ1) is 14.4. The van der Waals surface area contributed by atoms with Crippen molar-refractivity contribution in [1.29, 1.82) is 0 Å². The van der Waals surface area contributed by atoms with Crippen LogP contribution in [-0.2, 0) is 19.1 Å². The van der Waals surface area contributed by atoms with Gasteiger partial charge in [-0.25, -0.2) is 4.79 Å². The van der Waals surface area contributed by atoms with Crippen molar-refractivity contribution < 1.29 is 19.1 Å². The molecule has 0 aromatic heterocycles. The molecule has 1 aliphatic rings. The van der Waals surface area contributed by atoms with Crippen LogP contribution in [0.2, 0.25) is 0 Å². The van der Waals surface area contributed by atoms with E-state index in [4.69, 9.17) is 4.74 Å². The van der Waals surface area contributed by atoms with Gasteiger partial charge in [-0.05, 0) is 6.92 Å². The maximum absolute atomic E-state index is 11.6. The van der Waals surface area contributed by atoms with Crippen molar-refractivity contribution >= 4 is 18.1 Å². The van der Waals surface area contributed by atoms with E-state index in [-0.39, 0.29) is 11.9 Å². The first-order valence-corrected chi connectivity index (χ1v) is 5.62. The molecule has 1 aliphatic heterocycles. The fourth-order valence-corrected chi connectivity index (χ4v) is 1.74. The third kappa shape index (κ3) is 2.76. The number of β-lactam (4-membered cyclic amide) rings is 1. The first-order chi connectivity index (χ1) is 8.56. The normalized spacial score (nSPS) is 24.8. The Morgan fingerprint density at radius 3 is 2.78 bits per heavy atom. The van der Waals surface area contributed by atoms with Crippen molar-refractivity contribution in [1.82, 2.24) is 4.90 Å². The summed E-state index contributed by atoms with van der Waals surface area (Å²) in [4.78, 5) is 28.5. The van der Waals surface area contributed by atoms with Gasteiger partial charge in [-0.15, -0.1) is 6.58 Å². The highest BCUT2D eigenvalue weighted by Crippen LogP contribution is 2.21. The Hall–Kier alpha value is -1.69. The summed E-state index contributed by atoms with van der Waals surface area (Å²) in [6, 6.07) is -0.846. The van der Waals surface area contributed by atoms with Crippen molar-refractivity contribution in [2.24, 2.45) is 4.99 Å². The van der Waals surface area contributed by atoms with Gasteiger partial charge in [-0.1, -0.05) is 6.08 Å². The highest BCUT2D eigenvalue weighted by atomic mass is 16.5. The molecule has 1 amide bonds. The van der Waals surface area contributed by atoms with E-state index in [0.717, 1.165) is 0 Å². The molecule has 0 aromatic carbocycles. The van der Waals surface area contributed by atoms with Crippen LogP contribution >= 0.6 is 0 Å². The van der Waals surface area contributed by atoms with Crippen molar-refractivity contribution in [2.75, 3.05) is 20.8 Å². The van der Waals surface area contributed by atoms with Gasteiger partial charge in [-0.3, -0.25) is 9.79 Å². The van der Waals surface area contributed by atoms with E-state index in [2.05, 4.69) is 16.3 Å². The van der Waals surface area contributed by atoms with Crippen LogP contribution in [0.4, 0.5) is 0 Å². The number of methoxy groups -OCH3 is 2. The van der Waals surface area contributed by atoms with E-state index in [1.165, 1.54) is 14.2 Å². The molecule has 1 fully saturated rings. The lowest BCUT2D eigenvalue weighted by Gasteiger charge is -2.43. The Bertz CT molecular complexity index is 367. The smallest absolute Gasteiger partial charge is 0.330 e. The number of esters is 1. The van der Waals surface area contributed by atoms with Gasteiger partial charge < -0.3 is 14.4 Å². The van der Waals surface area contributed by atoms with E-state index in [1.807, 2.05) is 0 Å². The summed E-state index contributed by atoms with van der Waals surface area (Å²) in [6.07, 6.45) is 2.66. The van der Waals surface area contributed by atoms with Crippen molar-refractivity contribution in [3.05, 3.63) is 12.7 Å². The van der Waals surface area contributed by atoms with Crippen LogP contribution in [0.25, 0.3) is 0 Å². The lowest BCUT2D eigenvalue weighted by molar-refractivity contribution is -0.162. The molecule has 6 nitrogen and oxygen atoms in total. The highest BCUT2D eigenvalue weighted by Gasteiger charge is 2.46. The molecule has 1 rings (SSSR count). The first-order valence-electron chi connectivity index (χ1n) is 5.62. The third-order valence-corrected chi connectivity index (χ3v) is 2.78. The number of carbonyl (C=O) groups excluding carboxylic acids is 2. The Kier molecular flexibility index (Phi) is 5.03. The quantitative estimate of drug-likeness (QED) is 0.290. The molecule has 18 heavy (non-hydrogen) atoms. The number of ether oxygens (including phenoxy) is 2. The van der Waals surface area contributed by atoms with Crippen LogP contribution in [0.15, 0.2) is 17.6 Å². The average Bonchev–Trinajstić information content (AvgIpc) is 2.38. The van der Waals surface area contributed by atoms with Crippen LogP contribution in [-0.4, -0.2) is 61.9 Å². The van der Waals surface area contributed by atoms with E-state index in [0.29, 0.717) is 6.54 Å². The zero-order valence-electron chi connectivity index (χ0n) is 10.8. The number of hydrogen-bond donors (Lipinski definition) is 0. The van der Waals surface area contributed by atoms with Crippen LogP contribution in [0.1, 0.15) is 6.92 Å². The SMILES string of the molecule is C=CCN1C(=O)[C@H](OC)[C@@H]1C=NC(C)C(=O)OC. The summed E-state index contributed by atoms with van der Waals surface area (Å²) in [7, 11) is 2.78. The molecule has 1 unspecified atom stereocenters. The molecular weight excluding hydrogens is 236 g/mol. The van der Waals surface area contributed by atoms with Crippen LogP contribution in [0, 0.1) is 0 Å². The minimum absolute atomic E-state index is 0.0976. The van der Waals surface area contributed by atoms with Gasteiger partial charge >= 0.3 is 5.97 Å². The summed E-state index contributed by atoms with van der Waals surface area (Å²) >= 11 is 0. The molecule has 3 atom stereocenters. The molecule has 0 saturated carbocycles. The molecule has 0 radical (unpaired) electrons. The zero-order valence-corrected chi connectivity index (χ0v) is 10.8. The number of amides is 1. The van der Waals surface area contributed by atoms with Gasteiger partial charge in [0.2, 0.25) is 0 Å². The van der Waals surface area contributed by atoms with E-state index in [1.54, 1.807) is 24.1 Å². The molecule has 1 saturated heterocycles. The fraction of sp³-hybridized carbons (Fsp3) is 0.583. The van der Waals surface area contributed by atoms with Crippen LogP contribution < -0.4 is 0 Å². The van der Waals surface area contributed by atoms with E-state index >= 15 is 0 Å². The van der Waals surface area contributed by atoms with Crippen LogP contribution in [0.3, 0.4) is 0 Å². The molecule has 0 spiro atoms. The van der Waals surface area contributed by atoms with Gasteiger partial charge in [-0.2, -0.15) is 0 Å². The molecule has 0 bridgehead atoms. The molecular formula is C12H18N2O4. The molecule has 6 heteroatoms. The topological polar surface area (TPSA) is 68.2 Å². The number of rotatable bonds is 6. The minimum atomic E-state index is -0.589. The van der Waals surface area contributed by atoms with Crippen molar-refractivity contribution in [3.63, 3.8) is 0 Å². The van der Waals surface area contributed by atoms with Crippen molar-refractivity contribution in [2.45, 2.75) is 25.1 Å². The van der Waals surface area contributed by atoms with Gasteiger partial charge in [0.15, 0.2) is 6.10 Å². The Labute approximate surface area is 106 Å². The molecule has 0 aromatic rings. The maximum Gasteiger partial charge on any atom is 0.330 e. The molecule has 1 heterocycles.